The average molecular weight is 321 g/mol. The summed E-state index contributed by atoms with van der Waals surface area (Å²) < 4.78 is 28.7. The van der Waals surface area contributed by atoms with Crippen molar-refractivity contribution in [3.63, 3.8) is 0 Å². The fraction of sp³-hybridized carbons (Fsp3) is 0.417. The lowest BCUT2D eigenvalue weighted by Crippen LogP contribution is -2.26. The molecule has 0 aliphatic carbocycles. The fourth-order valence-electron chi connectivity index (χ4n) is 1.30. The molecule has 8 heteroatoms. The molecule has 110 valence electrons. The van der Waals surface area contributed by atoms with Crippen molar-refractivity contribution >= 4 is 34.4 Å². The molecule has 0 unspecified atom stereocenters. The van der Waals surface area contributed by atoms with Crippen LogP contribution in [0.4, 0.5) is 10.1 Å². The Hall–Kier alpha value is -1.18. The van der Waals surface area contributed by atoms with Crippen LogP contribution in [-0.4, -0.2) is 19.9 Å². The van der Waals surface area contributed by atoms with Gasteiger partial charge in [-0.3, -0.25) is 10.1 Å². The number of nitro benzene ring substituents is 1. The molecular formula is C12H14ClFN2O3S. The van der Waals surface area contributed by atoms with Gasteiger partial charge in [0.15, 0.2) is 0 Å². The summed E-state index contributed by atoms with van der Waals surface area (Å²) in [6.07, 6.45) is 0. The number of hydrogen-bond donors (Lipinski definition) is 0. The van der Waals surface area contributed by atoms with Crippen molar-refractivity contribution in [1.29, 1.82) is 0 Å². The average Bonchev–Trinajstić information content (AvgIpc) is 2.26. The minimum atomic E-state index is -1.53. The first kappa shape index (κ1) is 16.9. The lowest BCUT2D eigenvalue weighted by molar-refractivity contribution is -0.387. The van der Waals surface area contributed by atoms with Gasteiger partial charge in [0.25, 0.3) is 0 Å². The van der Waals surface area contributed by atoms with E-state index in [4.69, 9.17) is 11.6 Å². The first-order valence-corrected chi connectivity index (χ1v) is 7.14. The molecule has 1 aromatic rings. The van der Waals surface area contributed by atoms with E-state index in [0.717, 1.165) is 6.07 Å². The molecule has 0 aromatic heterocycles. The topological polar surface area (TPSA) is 78.6 Å². The second-order valence-electron chi connectivity index (χ2n) is 5.05. The summed E-state index contributed by atoms with van der Waals surface area (Å²) >= 11 is 4.31. The lowest BCUT2D eigenvalue weighted by Gasteiger charge is -2.18. The van der Waals surface area contributed by atoms with Crippen molar-refractivity contribution in [3.8, 4) is 0 Å². The Labute approximate surface area is 124 Å². The maximum absolute atomic E-state index is 13.4. The summed E-state index contributed by atoms with van der Waals surface area (Å²) in [6, 6.07) is 2.22. The maximum atomic E-state index is 13.4. The van der Waals surface area contributed by atoms with Crippen molar-refractivity contribution in [2.75, 3.05) is 0 Å². The van der Waals surface area contributed by atoms with Crippen molar-refractivity contribution < 1.29 is 13.9 Å². The molecule has 0 saturated carbocycles. The number of halogens is 2. The normalized spacial score (nSPS) is 14.2. The quantitative estimate of drug-likeness (QED) is 0.369. The van der Waals surface area contributed by atoms with Gasteiger partial charge in [0, 0.05) is 5.56 Å². The van der Waals surface area contributed by atoms with E-state index in [2.05, 4.69) is 4.40 Å². The van der Waals surface area contributed by atoms with Gasteiger partial charge in [0.2, 0.25) is 5.82 Å². The highest BCUT2D eigenvalue weighted by Gasteiger charge is 2.28. The second kappa shape index (κ2) is 6.07. The molecule has 0 amide bonds. The Morgan fingerprint density at radius 2 is 2.00 bits per heavy atom. The largest absolute Gasteiger partial charge is 0.591 e. The van der Waals surface area contributed by atoms with Gasteiger partial charge in [0.1, 0.15) is 21.1 Å². The molecule has 1 atom stereocenters. The van der Waals surface area contributed by atoms with Crippen molar-refractivity contribution in [3.05, 3.63) is 38.7 Å². The number of hydrogen-bond acceptors (Lipinski definition) is 4. The molecule has 0 aliphatic heterocycles. The van der Waals surface area contributed by atoms with Crippen LogP contribution in [0.2, 0.25) is 5.02 Å². The van der Waals surface area contributed by atoms with Crippen LogP contribution in [0.5, 0.6) is 0 Å². The van der Waals surface area contributed by atoms with Gasteiger partial charge in [-0.05, 0) is 39.8 Å². The minimum Gasteiger partial charge on any atom is -0.591 e. The third kappa shape index (κ3) is 3.68. The van der Waals surface area contributed by atoms with Crippen LogP contribution < -0.4 is 0 Å². The Morgan fingerprint density at radius 3 is 2.45 bits per heavy atom. The molecule has 0 aliphatic rings. The standard InChI is InChI=1S/C12H14ClFN2O3S/c1-7(15-20(19)12(2,3)4)8-5-6-9(14)11(10(8)13)16(17)18/h5-6H,1-4H3/b15-7+/t20-/m1/s1. The molecule has 0 heterocycles. The number of rotatable bonds is 3. The van der Waals surface area contributed by atoms with Gasteiger partial charge >= 0.3 is 5.69 Å². The predicted octanol–water partition coefficient (Wildman–Crippen LogP) is 3.66. The van der Waals surface area contributed by atoms with Crippen LogP contribution in [0.25, 0.3) is 0 Å². The van der Waals surface area contributed by atoms with Gasteiger partial charge in [0.05, 0.1) is 10.6 Å². The van der Waals surface area contributed by atoms with Crippen molar-refractivity contribution in [2.24, 2.45) is 4.40 Å². The van der Waals surface area contributed by atoms with E-state index in [1.54, 1.807) is 20.8 Å². The summed E-state index contributed by atoms with van der Waals surface area (Å²) in [5, 5.41) is 10.4. The van der Waals surface area contributed by atoms with Crippen LogP contribution in [-0.2, 0) is 11.4 Å². The Morgan fingerprint density at radius 1 is 1.45 bits per heavy atom. The molecule has 0 bridgehead atoms. The summed E-state index contributed by atoms with van der Waals surface area (Å²) in [5.74, 6) is -1.02. The van der Waals surface area contributed by atoms with E-state index in [9.17, 15) is 19.1 Å². The highest BCUT2D eigenvalue weighted by Crippen LogP contribution is 2.31. The van der Waals surface area contributed by atoms with Crippen LogP contribution in [0.15, 0.2) is 16.5 Å². The first-order valence-electron chi connectivity index (χ1n) is 5.65. The fourth-order valence-corrected chi connectivity index (χ4v) is 2.28. The zero-order valence-corrected chi connectivity index (χ0v) is 13.0. The molecule has 1 aromatic carbocycles. The number of nitrogens with zero attached hydrogens (tertiary/aromatic N) is 2. The smallest absolute Gasteiger partial charge is 0.323 e. The highest BCUT2D eigenvalue weighted by atomic mass is 35.5. The van der Waals surface area contributed by atoms with E-state index in [-0.39, 0.29) is 16.3 Å². The molecular weight excluding hydrogens is 307 g/mol. The summed E-state index contributed by atoms with van der Waals surface area (Å²) in [6.45, 7) is 6.75. The Balaban J connectivity index is 3.31. The summed E-state index contributed by atoms with van der Waals surface area (Å²) in [5.41, 5.74) is -0.357. The molecule has 5 nitrogen and oxygen atoms in total. The molecule has 1 rings (SSSR count). The highest BCUT2D eigenvalue weighted by molar-refractivity contribution is 7.91. The van der Waals surface area contributed by atoms with Gasteiger partial charge in [-0.15, -0.1) is 0 Å². The minimum absolute atomic E-state index is 0.192. The molecule has 0 saturated heterocycles. The van der Waals surface area contributed by atoms with Crippen LogP contribution >= 0.6 is 11.6 Å². The number of benzene rings is 1. The Bertz CT molecular complexity index is 573. The third-order valence-corrected chi connectivity index (χ3v) is 4.25. The van der Waals surface area contributed by atoms with E-state index >= 15 is 0 Å². The van der Waals surface area contributed by atoms with Crippen LogP contribution in [0.3, 0.4) is 0 Å². The summed E-state index contributed by atoms with van der Waals surface area (Å²) in [7, 11) is 0. The predicted molar refractivity (Wildman–Crippen MR) is 78.2 cm³/mol. The van der Waals surface area contributed by atoms with Gasteiger partial charge < -0.3 is 4.55 Å². The zero-order valence-electron chi connectivity index (χ0n) is 11.4. The maximum Gasteiger partial charge on any atom is 0.323 e. The lowest BCUT2D eigenvalue weighted by atomic mass is 10.1. The van der Waals surface area contributed by atoms with Gasteiger partial charge in [-0.2, -0.15) is 4.39 Å². The molecule has 0 radical (unpaired) electrons. The first-order chi connectivity index (χ1) is 9.05. The van der Waals surface area contributed by atoms with E-state index in [1.165, 1.54) is 13.0 Å². The van der Waals surface area contributed by atoms with Crippen molar-refractivity contribution in [1.82, 2.24) is 0 Å². The molecule has 0 spiro atoms. The Kier molecular flexibility index (Phi) is 5.12. The van der Waals surface area contributed by atoms with E-state index < -0.39 is 32.5 Å². The molecule has 0 fully saturated rings. The van der Waals surface area contributed by atoms with E-state index in [1.807, 2.05) is 0 Å². The molecule has 20 heavy (non-hydrogen) atoms. The SMILES string of the molecule is C/C(=N\[S@+]([O-])C(C)(C)C)c1ccc(F)c([N+](=O)[O-])c1Cl. The third-order valence-electron chi connectivity index (χ3n) is 2.38. The second-order valence-corrected chi connectivity index (χ2v) is 7.34. The number of nitro groups is 1. The summed E-state index contributed by atoms with van der Waals surface area (Å²) in [4.78, 5) is 9.89. The van der Waals surface area contributed by atoms with E-state index in [0.29, 0.717) is 0 Å². The zero-order chi connectivity index (χ0) is 15.7. The van der Waals surface area contributed by atoms with Crippen molar-refractivity contribution in [2.45, 2.75) is 32.4 Å². The monoisotopic (exact) mass is 320 g/mol. The van der Waals surface area contributed by atoms with Gasteiger partial charge in [-0.1, -0.05) is 16.0 Å². The van der Waals surface area contributed by atoms with Crippen LogP contribution in [0.1, 0.15) is 33.3 Å². The van der Waals surface area contributed by atoms with Gasteiger partial charge in [-0.25, -0.2) is 0 Å². The van der Waals surface area contributed by atoms with Crippen LogP contribution in [0, 0.1) is 15.9 Å². The molecule has 0 N–H and O–H groups in total.